The molecule has 27 heavy (non-hydrogen) atoms. The zero-order valence-corrected chi connectivity index (χ0v) is 17.7. The molecule has 0 aromatic heterocycles. The summed E-state index contributed by atoms with van der Waals surface area (Å²) >= 11 is 6.00. The van der Waals surface area contributed by atoms with E-state index in [1.54, 1.807) is 25.1 Å². The Bertz CT molecular complexity index is 944. The first-order valence-corrected chi connectivity index (χ1v) is 10.9. The Morgan fingerprint density at radius 2 is 1.78 bits per heavy atom. The molecule has 0 saturated heterocycles. The Labute approximate surface area is 166 Å². The fourth-order valence-corrected chi connectivity index (χ4v) is 4.50. The van der Waals surface area contributed by atoms with Gasteiger partial charge in [-0.15, -0.1) is 0 Å². The summed E-state index contributed by atoms with van der Waals surface area (Å²) < 4.78 is 25.8. The van der Waals surface area contributed by atoms with Crippen molar-refractivity contribution in [1.82, 2.24) is 5.32 Å². The van der Waals surface area contributed by atoms with Gasteiger partial charge in [0.25, 0.3) is 0 Å². The van der Waals surface area contributed by atoms with Crippen molar-refractivity contribution in [2.45, 2.75) is 39.8 Å². The lowest BCUT2D eigenvalue weighted by atomic mass is 10.00. The number of carbonyl (C=O) groups is 1. The first-order chi connectivity index (χ1) is 12.5. The largest absolute Gasteiger partial charge is 0.348 e. The van der Waals surface area contributed by atoms with Crippen LogP contribution in [0.25, 0.3) is 0 Å². The summed E-state index contributed by atoms with van der Waals surface area (Å²) in [6.07, 6.45) is 1.07. The van der Waals surface area contributed by atoms with Crippen molar-refractivity contribution in [1.29, 1.82) is 0 Å². The van der Waals surface area contributed by atoms with E-state index in [-0.39, 0.29) is 11.9 Å². The molecule has 2 aromatic rings. The van der Waals surface area contributed by atoms with Crippen LogP contribution in [-0.4, -0.2) is 26.6 Å². The summed E-state index contributed by atoms with van der Waals surface area (Å²) in [5.41, 5.74) is 3.57. The molecule has 0 unspecified atom stereocenters. The van der Waals surface area contributed by atoms with E-state index in [1.807, 2.05) is 32.9 Å². The third-order valence-electron chi connectivity index (χ3n) is 4.40. The van der Waals surface area contributed by atoms with E-state index < -0.39 is 16.1 Å². The van der Waals surface area contributed by atoms with Gasteiger partial charge in [0.05, 0.1) is 18.0 Å². The zero-order valence-electron chi connectivity index (χ0n) is 16.2. The van der Waals surface area contributed by atoms with Crippen molar-refractivity contribution in [3.8, 4) is 0 Å². The van der Waals surface area contributed by atoms with E-state index >= 15 is 0 Å². The molecular weight excluding hydrogens is 384 g/mol. The molecule has 1 amide bonds. The average molecular weight is 409 g/mol. The number of nitrogens with zero attached hydrogens (tertiary/aromatic N) is 1. The summed E-state index contributed by atoms with van der Waals surface area (Å²) in [7, 11) is -3.68. The number of halogens is 1. The number of rotatable bonds is 6. The Kier molecular flexibility index (Phi) is 6.54. The maximum absolute atomic E-state index is 12.8. The van der Waals surface area contributed by atoms with Gasteiger partial charge in [0.2, 0.25) is 15.9 Å². The lowest BCUT2D eigenvalue weighted by molar-refractivity contribution is -0.122. The predicted molar refractivity (Wildman–Crippen MR) is 111 cm³/mol. The normalized spacial score (nSPS) is 13.7. The standard InChI is InChI=1S/C20H25ClN2O3S/c1-13-9-10-19(14(2)11-13)15(3)22-20(24)16(4)23(27(5,25)26)18-8-6-7-17(21)12-18/h6-12,15-16H,1-5H3,(H,22,24)/t15-,16+/m1/s1. The number of nitrogens with one attached hydrogen (secondary N) is 1. The van der Waals surface area contributed by atoms with Crippen LogP contribution in [-0.2, 0) is 14.8 Å². The molecule has 2 atom stereocenters. The molecule has 7 heteroatoms. The number of amides is 1. The fraction of sp³-hybridized carbons (Fsp3) is 0.350. The van der Waals surface area contributed by atoms with Crippen molar-refractivity contribution in [2.75, 3.05) is 10.6 Å². The van der Waals surface area contributed by atoms with Crippen LogP contribution in [0.1, 0.15) is 36.6 Å². The molecule has 5 nitrogen and oxygen atoms in total. The lowest BCUT2D eigenvalue weighted by Crippen LogP contribution is -2.48. The first-order valence-electron chi connectivity index (χ1n) is 8.63. The van der Waals surface area contributed by atoms with Gasteiger partial charge in [-0.1, -0.05) is 41.4 Å². The van der Waals surface area contributed by atoms with Gasteiger partial charge in [-0.3, -0.25) is 9.10 Å². The summed E-state index contributed by atoms with van der Waals surface area (Å²) in [5.74, 6) is -0.382. The fourth-order valence-electron chi connectivity index (χ4n) is 3.15. The SMILES string of the molecule is Cc1ccc([C@@H](C)NC(=O)[C@H](C)N(c2cccc(Cl)c2)S(C)(=O)=O)c(C)c1. The van der Waals surface area contributed by atoms with E-state index in [2.05, 4.69) is 11.4 Å². The molecule has 0 fully saturated rings. The van der Waals surface area contributed by atoms with E-state index in [9.17, 15) is 13.2 Å². The Hall–Kier alpha value is -2.05. The quantitative estimate of drug-likeness (QED) is 0.785. The maximum Gasteiger partial charge on any atom is 0.244 e. The van der Waals surface area contributed by atoms with Gasteiger partial charge in [-0.25, -0.2) is 8.42 Å². The van der Waals surface area contributed by atoms with Crippen LogP contribution in [0.15, 0.2) is 42.5 Å². The van der Waals surface area contributed by atoms with Crippen molar-refractivity contribution in [2.24, 2.45) is 0 Å². The molecule has 0 heterocycles. The van der Waals surface area contributed by atoms with Gasteiger partial charge < -0.3 is 5.32 Å². The van der Waals surface area contributed by atoms with Crippen LogP contribution in [0.4, 0.5) is 5.69 Å². The maximum atomic E-state index is 12.8. The van der Waals surface area contributed by atoms with Crippen LogP contribution in [0, 0.1) is 13.8 Å². The third kappa shape index (κ3) is 5.23. The summed E-state index contributed by atoms with van der Waals surface area (Å²) in [4.78, 5) is 12.8. The topological polar surface area (TPSA) is 66.5 Å². The molecule has 0 aliphatic heterocycles. The Morgan fingerprint density at radius 1 is 1.11 bits per heavy atom. The van der Waals surface area contributed by atoms with Gasteiger partial charge >= 0.3 is 0 Å². The highest BCUT2D eigenvalue weighted by molar-refractivity contribution is 7.92. The second kappa shape index (κ2) is 8.31. The summed E-state index contributed by atoms with van der Waals surface area (Å²) in [6.45, 7) is 7.44. The van der Waals surface area contributed by atoms with Crippen LogP contribution < -0.4 is 9.62 Å². The van der Waals surface area contributed by atoms with Gasteiger partial charge in [0, 0.05) is 5.02 Å². The molecule has 0 aliphatic carbocycles. The van der Waals surface area contributed by atoms with Gasteiger partial charge in [-0.05, 0) is 57.0 Å². The van der Waals surface area contributed by atoms with Crippen molar-refractivity contribution in [3.05, 3.63) is 64.2 Å². The highest BCUT2D eigenvalue weighted by Gasteiger charge is 2.30. The van der Waals surface area contributed by atoms with Crippen LogP contribution in [0.3, 0.4) is 0 Å². The molecule has 1 N–H and O–H groups in total. The smallest absolute Gasteiger partial charge is 0.244 e. The first kappa shape index (κ1) is 21.3. The van der Waals surface area contributed by atoms with E-state index in [0.29, 0.717) is 10.7 Å². The number of anilines is 1. The number of benzene rings is 2. The third-order valence-corrected chi connectivity index (χ3v) is 5.88. The monoisotopic (exact) mass is 408 g/mol. The molecule has 2 aromatic carbocycles. The second-order valence-corrected chi connectivity index (χ2v) is 9.10. The van der Waals surface area contributed by atoms with Crippen molar-refractivity contribution < 1.29 is 13.2 Å². The van der Waals surface area contributed by atoms with E-state index in [0.717, 1.165) is 27.3 Å². The molecule has 146 valence electrons. The van der Waals surface area contributed by atoms with E-state index in [1.165, 1.54) is 6.07 Å². The average Bonchev–Trinajstić information content (AvgIpc) is 2.53. The number of hydrogen-bond donors (Lipinski definition) is 1. The molecule has 2 rings (SSSR count). The number of hydrogen-bond acceptors (Lipinski definition) is 3. The lowest BCUT2D eigenvalue weighted by Gasteiger charge is -2.29. The Balaban J connectivity index is 2.27. The van der Waals surface area contributed by atoms with Crippen LogP contribution >= 0.6 is 11.6 Å². The van der Waals surface area contributed by atoms with Gasteiger partial charge in [-0.2, -0.15) is 0 Å². The van der Waals surface area contributed by atoms with E-state index in [4.69, 9.17) is 11.6 Å². The van der Waals surface area contributed by atoms with Crippen molar-refractivity contribution >= 4 is 33.2 Å². The second-order valence-electron chi connectivity index (χ2n) is 6.80. The molecule has 0 spiro atoms. The molecule has 0 saturated carbocycles. The predicted octanol–water partition coefficient (Wildman–Crippen LogP) is 3.99. The summed E-state index contributed by atoms with van der Waals surface area (Å²) in [5, 5.41) is 3.32. The minimum Gasteiger partial charge on any atom is -0.348 e. The van der Waals surface area contributed by atoms with Crippen molar-refractivity contribution in [3.63, 3.8) is 0 Å². The number of sulfonamides is 1. The summed E-state index contributed by atoms with van der Waals surface area (Å²) in [6, 6.07) is 11.3. The zero-order chi connectivity index (χ0) is 20.4. The van der Waals surface area contributed by atoms with Crippen LogP contribution in [0.5, 0.6) is 0 Å². The molecular formula is C20H25ClN2O3S. The van der Waals surface area contributed by atoms with Crippen LogP contribution in [0.2, 0.25) is 5.02 Å². The highest BCUT2D eigenvalue weighted by atomic mass is 35.5. The Morgan fingerprint density at radius 3 is 2.33 bits per heavy atom. The molecule has 0 bridgehead atoms. The highest BCUT2D eigenvalue weighted by Crippen LogP contribution is 2.25. The number of carbonyl (C=O) groups excluding carboxylic acids is 1. The molecule has 0 radical (unpaired) electrons. The minimum atomic E-state index is -3.68. The van der Waals surface area contributed by atoms with Gasteiger partial charge in [0.15, 0.2) is 0 Å². The molecule has 0 aliphatic rings. The number of aryl methyl sites for hydroxylation is 2. The van der Waals surface area contributed by atoms with Gasteiger partial charge in [0.1, 0.15) is 6.04 Å². The minimum absolute atomic E-state index is 0.249.